The highest BCUT2D eigenvalue weighted by Crippen LogP contribution is 2.22. The van der Waals surface area contributed by atoms with Gasteiger partial charge in [-0.2, -0.15) is 0 Å². The molecule has 0 unspecified atom stereocenters. The van der Waals surface area contributed by atoms with Gasteiger partial charge in [-0.05, 0) is 38.8 Å². The van der Waals surface area contributed by atoms with Gasteiger partial charge in [-0.15, -0.1) is 0 Å². The van der Waals surface area contributed by atoms with Crippen molar-refractivity contribution in [3.63, 3.8) is 0 Å². The van der Waals surface area contributed by atoms with Gasteiger partial charge in [0, 0.05) is 12.6 Å². The molecule has 0 saturated carbocycles. The van der Waals surface area contributed by atoms with E-state index in [0.717, 1.165) is 43.9 Å². The van der Waals surface area contributed by atoms with E-state index in [1.807, 2.05) is 13.0 Å². The van der Waals surface area contributed by atoms with Crippen molar-refractivity contribution in [1.82, 2.24) is 10.1 Å². The molecule has 1 N–H and O–H groups in total. The van der Waals surface area contributed by atoms with E-state index < -0.39 is 12.1 Å². The molecule has 106 valence electrons. The lowest BCUT2D eigenvalue weighted by molar-refractivity contribution is -0.154. The Morgan fingerprint density at radius 3 is 2.84 bits per heavy atom. The largest absolute Gasteiger partial charge is 0.467 e. The third kappa shape index (κ3) is 3.54. The van der Waals surface area contributed by atoms with E-state index >= 15 is 0 Å². The van der Waals surface area contributed by atoms with Crippen molar-refractivity contribution >= 4 is 5.97 Å². The Hall–Kier alpha value is -1.40. The van der Waals surface area contributed by atoms with Crippen LogP contribution >= 0.6 is 0 Å². The second kappa shape index (κ2) is 6.16. The van der Waals surface area contributed by atoms with E-state index in [1.165, 1.54) is 7.11 Å². The molecule has 2 rings (SSSR count). The standard InChI is InChI=1S/C13H20N2O4/c1-9-7-11(14-19-9)8-15-5-3-10(4-6-15)12(16)13(17)18-2/h7,10,12,16H,3-6,8H2,1-2H3/t12-/m1/s1. The Labute approximate surface area is 112 Å². The number of aromatic nitrogens is 1. The van der Waals surface area contributed by atoms with Crippen molar-refractivity contribution in [3.05, 3.63) is 17.5 Å². The van der Waals surface area contributed by atoms with E-state index in [2.05, 4.69) is 14.8 Å². The molecule has 0 aliphatic carbocycles. The zero-order valence-corrected chi connectivity index (χ0v) is 11.3. The van der Waals surface area contributed by atoms with Gasteiger partial charge in [0.1, 0.15) is 5.76 Å². The average Bonchev–Trinajstić information content (AvgIpc) is 2.83. The van der Waals surface area contributed by atoms with Crippen LogP contribution in [0, 0.1) is 12.8 Å². The number of esters is 1. The van der Waals surface area contributed by atoms with Crippen molar-refractivity contribution in [2.45, 2.75) is 32.4 Å². The number of ether oxygens (including phenoxy) is 1. The molecule has 1 aromatic heterocycles. The summed E-state index contributed by atoms with van der Waals surface area (Å²) >= 11 is 0. The van der Waals surface area contributed by atoms with Gasteiger partial charge in [-0.25, -0.2) is 4.79 Å². The molecule has 1 aromatic rings. The highest BCUT2D eigenvalue weighted by Gasteiger charge is 2.30. The maximum Gasteiger partial charge on any atom is 0.334 e. The molecule has 1 atom stereocenters. The Morgan fingerprint density at radius 1 is 1.63 bits per heavy atom. The van der Waals surface area contributed by atoms with Crippen molar-refractivity contribution in [1.29, 1.82) is 0 Å². The molecular weight excluding hydrogens is 248 g/mol. The summed E-state index contributed by atoms with van der Waals surface area (Å²) in [6.07, 6.45) is 0.571. The van der Waals surface area contributed by atoms with E-state index in [1.54, 1.807) is 0 Å². The summed E-state index contributed by atoms with van der Waals surface area (Å²) in [5.41, 5.74) is 0.921. The van der Waals surface area contributed by atoms with Gasteiger partial charge in [0.2, 0.25) is 0 Å². The maximum absolute atomic E-state index is 11.3. The van der Waals surface area contributed by atoms with Crippen LogP contribution in [0.3, 0.4) is 0 Å². The van der Waals surface area contributed by atoms with Crippen LogP contribution < -0.4 is 0 Å². The first kappa shape index (κ1) is 14.0. The highest BCUT2D eigenvalue weighted by atomic mass is 16.5. The summed E-state index contributed by atoms with van der Waals surface area (Å²) < 4.78 is 9.60. The first-order chi connectivity index (χ1) is 9.10. The Morgan fingerprint density at radius 2 is 2.32 bits per heavy atom. The van der Waals surface area contributed by atoms with Crippen LogP contribution in [0.25, 0.3) is 0 Å². The number of likely N-dealkylation sites (tertiary alicyclic amines) is 1. The Balaban J connectivity index is 1.80. The molecule has 0 bridgehead atoms. The Bertz CT molecular complexity index is 424. The summed E-state index contributed by atoms with van der Waals surface area (Å²) in [7, 11) is 1.30. The zero-order valence-electron chi connectivity index (χ0n) is 11.3. The topological polar surface area (TPSA) is 75.8 Å². The molecule has 1 aliphatic rings. The number of aryl methyl sites for hydroxylation is 1. The lowest BCUT2D eigenvalue weighted by Crippen LogP contribution is -2.40. The number of piperidine rings is 1. The first-order valence-electron chi connectivity index (χ1n) is 6.50. The molecule has 0 amide bonds. The number of carbonyl (C=O) groups is 1. The predicted molar refractivity (Wildman–Crippen MR) is 67.3 cm³/mol. The van der Waals surface area contributed by atoms with Gasteiger partial charge in [0.25, 0.3) is 0 Å². The van der Waals surface area contributed by atoms with Crippen LogP contribution in [0.4, 0.5) is 0 Å². The number of rotatable bonds is 4. The van der Waals surface area contributed by atoms with Gasteiger partial charge < -0.3 is 14.4 Å². The van der Waals surface area contributed by atoms with E-state index in [0.29, 0.717) is 0 Å². The minimum Gasteiger partial charge on any atom is -0.467 e. The molecule has 6 heteroatoms. The smallest absolute Gasteiger partial charge is 0.334 e. The van der Waals surface area contributed by atoms with Crippen molar-refractivity contribution < 1.29 is 19.2 Å². The number of hydrogen-bond acceptors (Lipinski definition) is 6. The molecule has 6 nitrogen and oxygen atoms in total. The molecule has 1 fully saturated rings. The fraction of sp³-hybridized carbons (Fsp3) is 0.692. The van der Waals surface area contributed by atoms with E-state index in [4.69, 9.17) is 4.52 Å². The molecular formula is C13H20N2O4. The first-order valence-corrected chi connectivity index (χ1v) is 6.50. The number of aliphatic hydroxyl groups is 1. The third-order valence-corrected chi connectivity index (χ3v) is 3.58. The van der Waals surface area contributed by atoms with Crippen LogP contribution in [-0.4, -0.2) is 47.4 Å². The quantitative estimate of drug-likeness (QED) is 0.811. The molecule has 0 radical (unpaired) electrons. The summed E-state index contributed by atoms with van der Waals surface area (Å²) in [4.78, 5) is 13.5. The second-order valence-corrected chi connectivity index (χ2v) is 5.01. The summed E-state index contributed by atoms with van der Waals surface area (Å²) in [6, 6.07) is 1.93. The number of hydrogen-bond donors (Lipinski definition) is 1. The van der Waals surface area contributed by atoms with Crippen LogP contribution in [-0.2, 0) is 16.1 Å². The SMILES string of the molecule is COC(=O)[C@H](O)C1CCN(Cc2cc(C)on2)CC1. The van der Waals surface area contributed by atoms with Crippen LogP contribution in [0.1, 0.15) is 24.3 Å². The van der Waals surface area contributed by atoms with Crippen molar-refractivity contribution in [2.75, 3.05) is 20.2 Å². The minimum absolute atomic E-state index is 0.0113. The predicted octanol–water partition coefficient (Wildman–Crippen LogP) is 0.729. The number of carbonyl (C=O) groups excluding carboxylic acids is 1. The lowest BCUT2D eigenvalue weighted by atomic mass is 9.91. The third-order valence-electron chi connectivity index (χ3n) is 3.58. The summed E-state index contributed by atoms with van der Waals surface area (Å²) in [5.74, 6) is 0.263. The summed E-state index contributed by atoms with van der Waals surface area (Å²) in [5, 5.41) is 13.8. The normalized spacial score (nSPS) is 19.3. The van der Waals surface area contributed by atoms with Gasteiger partial charge >= 0.3 is 5.97 Å². The van der Waals surface area contributed by atoms with Crippen LogP contribution in [0.5, 0.6) is 0 Å². The summed E-state index contributed by atoms with van der Waals surface area (Å²) in [6.45, 7) is 4.29. The fourth-order valence-corrected chi connectivity index (χ4v) is 2.46. The lowest BCUT2D eigenvalue weighted by Gasteiger charge is -2.32. The second-order valence-electron chi connectivity index (χ2n) is 5.01. The van der Waals surface area contributed by atoms with E-state index in [-0.39, 0.29) is 5.92 Å². The number of aliphatic hydroxyl groups excluding tert-OH is 1. The van der Waals surface area contributed by atoms with Gasteiger partial charge in [-0.1, -0.05) is 5.16 Å². The van der Waals surface area contributed by atoms with Crippen molar-refractivity contribution in [2.24, 2.45) is 5.92 Å². The van der Waals surface area contributed by atoms with E-state index in [9.17, 15) is 9.90 Å². The maximum atomic E-state index is 11.3. The molecule has 1 saturated heterocycles. The van der Waals surface area contributed by atoms with Gasteiger partial charge in [-0.3, -0.25) is 4.90 Å². The average molecular weight is 268 g/mol. The number of nitrogens with zero attached hydrogens (tertiary/aromatic N) is 2. The van der Waals surface area contributed by atoms with Crippen LogP contribution in [0.15, 0.2) is 10.6 Å². The zero-order chi connectivity index (χ0) is 13.8. The molecule has 19 heavy (non-hydrogen) atoms. The minimum atomic E-state index is -0.999. The van der Waals surface area contributed by atoms with Gasteiger partial charge in [0.15, 0.2) is 6.10 Å². The van der Waals surface area contributed by atoms with Crippen molar-refractivity contribution in [3.8, 4) is 0 Å². The fourth-order valence-electron chi connectivity index (χ4n) is 2.46. The molecule has 1 aliphatic heterocycles. The monoisotopic (exact) mass is 268 g/mol. The Kier molecular flexibility index (Phi) is 4.55. The highest BCUT2D eigenvalue weighted by molar-refractivity contribution is 5.74. The molecule has 0 spiro atoms. The molecule has 0 aromatic carbocycles. The molecule has 2 heterocycles. The number of methoxy groups -OCH3 is 1. The van der Waals surface area contributed by atoms with Gasteiger partial charge in [0.05, 0.1) is 12.8 Å². The van der Waals surface area contributed by atoms with Crippen LogP contribution in [0.2, 0.25) is 0 Å².